The number of alkyl halides is 3. The van der Waals surface area contributed by atoms with E-state index in [1.165, 1.54) is 19.2 Å². The molecule has 3 aromatic rings. The number of carbonyl (C=O) groups is 2. The monoisotopic (exact) mass is 421 g/mol. The Labute approximate surface area is 169 Å². The van der Waals surface area contributed by atoms with Gasteiger partial charge in [-0.15, -0.1) is 0 Å². The molecular weight excluding hydrogens is 403 g/mol. The summed E-state index contributed by atoms with van der Waals surface area (Å²) in [6.45, 7) is 0.415. The van der Waals surface area contributed by atoms with E-state index in [0.717, 1.165) is 12.6 Å². The highest BCUT2D eigenvalue weighted by Gasteiger charge is 2.41. The second-order valence-corrected chi connectivity index (χ2v) is 6.35. The number of hydrogen-bond donors (Lipinski definition) is 1. The molecule has 0 unspecified atom stereocenters. The van der Waals surface area contributed by atoms with E-state index in [1.807, 2.05) is 6.07 Å². The van der Waals surface area contributed by atoms with Crippen molar-refractivity contribution in [3.8, 4) is 0 Å². The number of anilines is 2. The lowest BCUT2D eigenvalue weighted by Gasteiger charge is -2.18. The lowest BCUT2D eigenvalue weighted by atomic mass is 10.2. The Bertz CT molecular complexity index is 1070. The topological polar surface area (TPSA) is 89.4 Å². The summed E-state index contributed by atoms with van der Waals surface area (Å²) < 4.78 is 44.5. The van der Waals surface area contributed by atoms with Crippen molar-refractivity contribution in [3.63, 3.8) is 0 Å². The molecule has 158 valence electrons. The Hall–Kier alpha value is -3.63. The fourth-order valence-electron chi connectivity index (χ4n) is 2.89. The number of ether oxygens (including phenoxy) is 1. The molecule has 1 aromatic carbocycles. The molecule has 3 rings (SSSR count). The van der Waals surface area contributed by atoms with Crippen LogP contribution in [0.5, 0.6) is 0 Å². The van der Waals surface area contributed by atoms with Gasteiger partial charge in [0.2, 0.25) is 5.95 Å². The molecule has 30 heavy (non-hydrogen) atoms. The SMILES string of the molecule is COC(=O)Nc1nc2cc(N(C)C(=O)C(F)(F)F)ccc2n1CCc1cccnc1. The van der Waals surface area contributed by atoms with Gasteiger partial charge >= 0.3 is 18.2 Å². The van der Waals surface area contributed by atoms with Crippen LogP contribution in [0.25, 0.3) is 11.0 Å². The first-order valence-electron chi connectivity index (χ1n) is 8.79. The lowest BCUT2D eigenvalue weighted by Crippen LogP contribution is -2.38. The van der Waals surface area contributed by atoms with E-state index in [1.54, 1.807) is 29.1 Å². The molecule has 0 aliphatic heterocycles. The molecule has 0 aliphatic rings. The van der Waals surface area contributed by atoms with Crippen LogP contribution in [0.3, 0.4) is 0 Å². The van der Waals surface area contributed by atoms with Gasteiger partial charge in [0.15, 0.2) is 0 Å². The number of amides is 2. The van der Waals surface area contributed by atoms with E-state index in [-0.39, 0.29) is 11.6 Å². The van der Waals surface area contributed by atoms with Gasteiger partial charge < -0.3 is 14.2 Å². The summed E-state index contributed by atoms with van der Waals surface area (Å²) in [6.07, 6.45) is -1.80. The summed E-state index contributed by atoms with van der Waals surface area (Å²) in [5.74, 6) is -1.83. The third-order valence-electron chi connectivity index (χ3n) is 4.41. The van der Waals surface area contributed by atoms with Crippen LogP contribution in [0.2, 0.25) is 0 Å². The average Bonchev–Trinajstić information content (AvgIpc) is 3.07. The number of rotatable bonds is 5. The van der Waals surface area contributed by atoms with Crippen molar-refractivity contribution in [2.75, 3.05) is 24.4 Å². The first kappa shape index (κ1) is 21.1. The van der Waals surface area contributed by atoms with Crippen LogP contribution < -0.4 is 10.2 Å². The Balaban J connectivity index is 1.97. The molecule has 0 aliphatic carbocycles. The van der Waals surface area contributed by atoms with Crippen molar-refractivity contribution < 1.29 is 27.5 Å². The number of hydrogen-bond acceptors (Lipinski definition) is 5. The zero-order valence-corrected chi connectivity index (χ0v) is 16.1. The summed E-state index contributed by atoms with van der Waals surface area (Å²) in [4.78, 5) is 32.0. The first-order chi connectivity index (χ1) is 14.2. The van der Waals surface area contributed by atoms with Crippen LogP contribution >= 0.6 is 0 Å². The number of methoxy groups -OCH3 is 1. The van der Waals surface area contributed by atoms with Gasteiger partial charge in [-0.05, 0) is 36.2 Å². The van der Waals surface area contributed by atoms with Gasteiger partial charge in [-0.25, -0.2) is 9.78 Å². The summed E-state index contributed by atoms with van der Waals surface area (Å²) in [5, 5.41) is 2.50. The van der Waals surface area contributed by atoms with Crippen LogP contribution in [0.15, 0.2) is 42.7 Å². The van der Waals surface area contributed by atoms with Crippen molar-refractivity contribution >= 4 is 34.7 Å². The maximum absolute atomic E-state index is 12.7. The molecule has 2 heterocycles. The number of aromatic nitrogens is 3. The molecule has 0 atom stereocenters. The number of carbonyl (C=O) groups excluding carboxylic acids is 2. The quantitative estimate of drug-likeness (QED) is 0.682. The molecule has 0 fully saturated rings. The van der Waals surface area contributed by atoms with E-state index in [9.17, 15) is 22.8 Å². The minimum Gasteiger partial charge on any atom is -0.453 e. The second-order valence-electron chi connectivity index (χ2n) is 6.35. The van der Waals surface area contributed by atoms with E-state index in [4.69, 9.17) is 0 Å². The minimum atomic E-state index is -5.00. The summed E-state index contributed by atoms with van der Waals surface area (Å²) in [7, 11) is 2.23. The average molecular weight is 421 g/mol. The molecule has 0 spiro atoms. The van der Waals surface area contributed by atoms with E-state index >= 15 is 0 Å². The molecule has 11 heteroatoms. The van der Waals surface area contributed by atoms with Crippen LogP contribution in [-0.2, 0) is 22.5 Å². The Morgan fingerprint density at radius 2 is 2.03 bits per heavy atom. The summed E-state index contributed by atoms with van der Waals surface area (Å²) in [5.41, 5.74) is 1.86. The van der Waals surface area contributed by atoms with Crippen molar-refractivity contribution in [3.05, 3.63) is 48.3 Å². The number of aryl methyl sites for hydroxylation is 2. The largest absolute Gasteiger partial charge is 0.471 e. The molecule has 0 saturated carbocycles. The third-order valence-corrected chi connectivity index (χ3v) is 4.41. The highest BCUT2D eigenvalue weighted by atomic mass is 19.4. The zero-order valence-electron chi connectivity index (χ0n) is 16.1. The van der Waals surface area contributed by atoms with Gasteiger partial charge in [0.1, 0.15) is 0 Å². The highest BCUT2D eigenvalue weighted by molar-refractivity contribution is 5.98. The lowest BCUT2D eigenvalue weighted by molar-refractivity contribution is -0.170. The molecule has 0 saturated heterocycles. The van der Waals surface area contributed by atoms with Gasteiger partial charge in [0.25, 0.3) is 0 Å². The fourth-order valence-corrected chi connectivity index (χ4v) is 2.89. The predicted octanol–water partition coefficient (Wildman–Crippen LogP) is 3.38. The highest BCUT2D eigenvalue weighted by Crippen LogP contribution is 2.28. The fraction of sp³-hybridized carbons (Fsp3) is 0.263. The number of imidazole rings is 1. The Kier molecular flexibility index (Phi) is 5.90. The maximum Gasteiger partial charge on any atom is 0.471 e. The Morgan fingerprint density at radius 3 is 2.67 bits per heavy atom. The molecule has 8 nitrogen and oxygen atoms in total. The summed E-state index contributed by atoms with van der Waals surface area (Å²) >= 11 is 0. The van der Waals surface area contributed by atoms with Crippen LogP contribution in [-0.4, -0.2) is 46.9 Å². The zero-order chi connectivity index (χ0) is 21.9. The third kappa shape index (κ3) is 4.50. The minimum absolute atomic E-state index is 0.0198. The maximum atomic E-state index is 12.7. The second kappa shape index (κ2) is 8.39. The van der Waals surface area contributed by atoms with Crippen molar-refractivity contribution in [1.29, 1.82) is 0 Å². The molecule has 2 aromatic heterocycles. The van der Waals surface area contributed by atoms with Crippen LogP contribution in [0.4, 0.5) is 29.6 Å². The van der Waals surface area contributed by atoms with Crippen LogP contribution in [0.1, 0.15) is 5.56 Å². The number of fused-ring (bicyclic) bond motifs is 1. The number of nitrogens with zero attached hydrogens (tertiary/aromatic N) is 4. The molecule has 2 amide bonds. The number of pyridine rings is 1. The van der Waals surface area contributed by atoms with Gasteiger partial charge in [0.05, 0.1) is 18.1 Å². The van der Waals surface area contributed by atoms with Gasteiger partial charge in [-0.2, -0.15) is 13.2 Å². The number of nitrogens with one attached hydrogen (secondary N) is 1. The van der Waals surface area contributed by atoms with Gasteiger partial charge in [-0.1, -0.05) is 6.07 Å². The Morgan fingerprint density at radius 1 is 1.27 bits per heavy atom. The first-order valence-corrected chi connectivity index (χ1v) is 8.79. The number of benzene rings is 1. The van der Waals surface area contributed by atoms with Crippen molar-refractivity contribution in [1.82, 2.24) is 14.5 Å². The predicted molar refractivity (Wildman–Crippen MR) is 103 cm³/mol. The van der Waals surface area contributed by atoms with E-state index in [2.05, 4.69) is 20.0 Å². The number of halogens is 3. The smallest absolute Gasteiger partial charge is 0.453 e. The van der Waals surface area contributed by atoms with Crippen molar-refractivity contribution in [2.45, 2.75) is 19.1 Å². The standard InChI is InChI=1S/C19H18F3N5O3/c1-26(16(28)19(20,21)22)13-5-6-15-14(10-13)24-17(25-18(29)30-2)27(15)9-7-12-4-3-8-23-11-12/h3-6,8,10-11H,7,9H2,1-2H3,(H,24,25,29). The van der Waals surface area contributed by atoms with Crippen LogP contribution in [0, 0.1) is 0 Å². The van der Waals surface area contributed by atoms with E-state index < -0.39 is 18.2 Å². The molecule has 0 radical (unpaired) electrons. The normalized spacial score (nSPS) is 11.4. The summed E-state index contributed by atoms with van der Waals surface area (Å²) in [6, 6.07) is 7.98. The molecule has 0 bridgehead atoms. The van der Waals surface area contributed by atoms with Gasteiger partial charge in [0, 0.05) is 31.7 Å². The molecular formula is C19H18F3N5O3. The van der Waals surface area contributed by atoms with Gasteiger partial charge in [-0.3, -0.25) is 15.1 Å². The molecule has 1 N–H and O–H groups in total. The van der Waals surface area contributed by atoms with Crippen molar-refractivity contribution in [2.24, 2.45) is 0 Å². The van der Waals surface area contributed by atoms with E-state index in [0.29, 0.717) is 28.9 Å².